The van der Waals surface area contributed by atoms with Gasteiger partial charge in [-0.2, -0.15) is 5.26 Å². The minimum Gasteiger partial charge on any atom is -0.326 e. The Morgan fingerprint density at radius 1 is 1.21 bits per heavy atom. The van der Waals surface area contributed by atoms with E-state index in [2.05, 4.69) is 5.32 Å². The summed E-state index contributed by atoms with van der Waals surface area (Å²) >= 11 is 0. The predicted octanol–water partition coefficient (Wildman–Crippen LogP) is 2.48. The normalized spacial score (nSPS) is 15.6. The Bertz CT molecular complexity index is 704. The van der Waals surface area contributed by atoms with Crippen molar-refractivity contribution in [2.75, 3.05) is 24.2 Å². The number of sulfonamides is 1. The van der Waals surface area contributed by atoms with Gasteiger partial charge in [-0.1, -0.05) is 12.5 Å². The molecule has 1 aliphatic rings. The lowest BCUT2D eigenvalue weighted by Crippen LogP contribution is -2.37. The second-order valence-electron chi connectivity index (χ2n) is 5.97. The average Bonchev–Trinajstić information content (AvgIpc) is 2.60. The first-order valence-corrected chi connectivity index (χ1v) is 9.90. The highest BCUT2D eigenvalue weighted by Gasteiger charge is 2.23. The van der Waals surface area contributed by atoms with Crippen molar-refractivity contribution in [1.82, 2.24) is 4.31 Å². The molecule has 1 aromatic carbocycles. The number of nitriles is 1. The monoisotopic (exact) mass is 349 g/mol. The predicted molar refractivity (Wildman–Crippen MR) is 92.8 cm³/mol. The number of hydrogen-bond donors (Lipinski definition) is 1. The van der Waals surface area contributed by atoms with Crippen LogP contribution in [0.1, 0.15) is 44.1 Å². The SMILES string of the molecule is N#Cc1cccc(NC(=O)CCCCS(=O)(=O)N2CCCCC2)c1. The number of nitrogens with one attached hydrogen (secondary N) is 1. The van der Waals surface area contributed by atoms with Gasteiger partial charge in [0.2, 0.25) is 15.9 Å². The van der Waals surface area contributed by atoms with Crippen LogP contribution in [0.2, 0.25) is 0 Å². The summed E-state index contributed by atoms with van der Waals surface area (Å²) in [5.41, 5.74) is 1.07. The molecule has 1 aliphatic heterocycles. The van der Waals surface area contributed by atoms with Gasteiger partial charge in [-0.15, -0.1) is 0 Å². The minimum atomic E-state index is -3.18. The summed E-state index contributed by atoms with van der Waals surface area (Å²) < 4.78 is 25.9. The summed E-state index contributed by atoms with van der Waals surface area (Å²) in [7, 11) is -3.18. The van der Waals surface area contributed by atoms with Crippen LogP contribution < -0.4 is 5.32 Å². The number of nitrogens with zero attached hydrogens (tertiary/aromatic N) is 2. The largest absolute Gasteiger partial charge is 0.326 e. The lowest BCUT2D eigenvalue weighted by Gasteiger charge is -2.25. The minimum absolute atomic E-state index is 0.101. The maximum Gasteiger partial charge on any atom is 0.224 e. The van der Waals surface area contributed by atoms with Gasteiger partial charge < -0.3 is 5.32 Å². The third-order valence-electron chi connectivity index (χ3n) is 4.04. The highest BCUT2D eigenvalue weighted by Crippen LogP contribution is 2.15. The Kier molecular flexibility index (Phi) is 6.76. The van der Waals surface area contributed by atoms with Gasteiger partial charge in [0.05, 0.1) is 17.4 Å². The molecular formula is C17H23N3O3S. The molecule has 1 fully saturated rings. The molecule has 1 aromatic rings. The van der Waals surface area contributed by atoms with E-state index in [9.17, 15) is 13.2 Å². The van der Waals surface area contributed by atoms with Gasteiger partial charge in [0.1, 0.15) is 0 Å². The van der Waals surface area contributed by atoms with Crippen LogP contribution in [-0.2, 0) is 14.8 Å². The van der Waals surface area contributed by atoms with Crippen molar-refractivity contribution in [3.8, 4) is 6.07 Å². The number of hydrogen-bond acceptors (Lipinski definition) is 4. The summed E-state index contributed by atoms with van der Waals surface area (Å²) in [6.45, 7) is 1.25. The van der Waals surface area contributed by atoms with Gasteiger partial charge in [0.15, 0.2) is 0 Å². The zero-order valence-corrected chi connectivity index (χ0v) is 14.5. The first-order valence-electron chi connectivity index (χ1n) is 8.29. The molecular weight excluding hydrogens is 326 g/mol. The second kappa shape index (κ2) is 8.81. The van der Waals surface area contributed by atoms with Crippen LogP contribution in [0.5, 0.6) is 0 Å². The van der Waals surface area contributed by atoms with Crippen LogP contribution in [0.25, 0.3) is 0 Å². The Balaban J connectivity index is 1.71. The number of benzene rings is 1. The molecule has 24 heavy (non-hydrogen) atoms. The van der Waals surface area contributed by atoms with Crippen molar-refractivity contribution >= 4 is 21.6 Å². The molecule has 0 aromatic heterocycles. The van der Waals surface area contributed by atoms with Gasteiger partial charge in [0, 0.05) is 25.2 Å². The van der Waals surface area contributed by atoms with Gasteiger partial charge >= 0.3 is 0 Å². The first kappa shape index (κ1) is 18.4. The zero-order chi connectivity index (χ0) is 17.4. The molecule has 1 heterocycles. The summed E-state index contributed by atoms with van der Waals surface area (Å²) in [4.78, 5) is 11.9. The van der Waals surface area contributed by atoms with Gasteiger partial charge in [-0.25, -0.2) is 12.7 Å². The highest BCUT2D eigenvalue weighted by molar-refractivity contribution is 7.89. The smallest absolute Gasteiger partial charge is 0.224 e. The molecule has 0 saturated carbocycles. The molecule has 1 N–H and O–H groups in total. The fraction of sp³-hybridized carbons (Fsp3) is 0.529. The van der Waals surface area contributed by atoms with Crippen LogP contribution in [0.4, 0.5) is 5.69 Å². The molecule has 1 amide bonds. The van der Waals surface area contributed by atoms with Crippen molar-refractivity contribution in [3.63, 3.8) is 0 Å². The Labute approximate surface area is 143 Å². The number of carbonyl (C=O) groups excluding carboxylic acids is 1. The van der Waals surface area contributed by atoms with Crippen molar-refractivity contribution < 1.29 is 13.2 Å². The topological polar surface area (TPSA) is 90.3 Å². The fourth-order valence-electron chi connectivity index (χ4n) is 2.73. The lowest BCUT2D eigenvalue weighted by atomic mass is 10.2. The van der Waals surface area contributed by atoms with E-state index >= 15 is 0 Å². The van der Waals surface area contributed by atoms with Crippen molar-refractivity contribution in [2.24, 2.45) is 0 Å². The highest BCUT2D eigenvalue weighted by atomic mass is 32.2. The summed E-state index contributed by atoms with van der Waals surface area (Å²) in [6.07, 6.45) is 4.24. The summed E-state index contributed by atoms with van der Waals surface area (Å²) in [5.74, 6) is -0.0649. The molecule has 0 atom stereocenters. The molecule has 7 heteroatoms. The van der Waals surface area contributed by atoms with E-state index in [0.717, 1.165) is 19.3 Å². The van der Waals surface area contributed by atoms with E-state index in [1.54, 1.807) is 28.6 Å². The molecule has 0 bridgehead atoms. The maximum absolute atomic E-state index is 12.2. The Hall–Kier alpha value is -1.91. The lowest BCUT2D eigenvalue weighted by molar-refractivity contribution is -0.116. The second-order valence-corrected chi connectivity index (χ2v) is 8.06. The van der Waals surface area contributed by atoms with E-state index in [-0.39, 0.29) is 18.1 Å². The number of piperidine rings is 1. The van der Waals surface area contributed by atoms with Crippen molar-refractivity contribution in [3.05, 3.63) is 29.8 Å². The third kappa shape index (κ3) is 5.62. The van der Waals surface area contributed by atoms with E-state index < -0.39 is 10.0 Å². The first-order chi connectivity index (χ1) is 11.5. The molecule has 130 valence electrons. The average molecular weight is 349 g/mol. The number of unbranched alkanes of at least 4 members (excludes halogenated alkanes) is 1. The standard InChI is InChI=1S/C17H23N3O3S/c18-14-15-7-6-8-16(13-15)19-17(21)9-2-5-12-24(22,23)20-10-3-1-4-11-20/h6-8,13H,1-5,9-12H2,(H,19,21). The summed E-state index contributed by atoms with van der Waals surface area (Å²) in [5, 5.41) is 11.6. The fourth-order valence-corrected chi connectivity index (χ4v) is 4.37. The summed E-state index contributed by atoms with van der Waals surface area (Å²) in [6, 6.07) is 8.73. The van der Waals surface area contributed by atoms with E-state index in [1.165, 1.54) is 0 Å². The number of anilines is 1. The van der Waals surface area contributed by atoms with Gasteiger partial charge in [-0.05, 0) is 43.9 Å². The molecule has 6 nitrogen and oxygen atoms in total. The molecule has 0 aliphatic carbocycles. The molecule has 0 unspecified atom stereocenters. The van der Waals surface area contributed by atoms with E-state index in [0.29, 0.717) is 37.2 Å². The molecule has 0 radical (unpaired) electrons. The maximum atomic E-state index is 12.2. The molecule has 0 spiro atoms. The van der Waals surface area contributed by atoms with E-state index in [4.69, 9.17) is 5.26 Å². The number of rotatable bonds is 7. The van der Waals surface area contributed by atoms with Crippen LogP contribution in [0.3, 0.4) is 0 Å². The number of carbonyl (C=O) groups is 1. The van der Waals surface area contributed by atoms with Crippen LogP contribution in [0, 0.1) is 11.3 Å². The third-order valence-corrected chi connectivity index (χ3v) is 6.00. The molecule has 2 rings (SSSR count). The molecule has 1 saturated heterocycles. The Morgan fingerprint density at radius 3 is 2.67 bits per heavy atom. The van der Waals surface area contributed by atoms with Crippen LogP contribution in [0.15, 0.2) is 24.3 Å². The Morgan fingerprint density at radius 2 is 1.96 bits per heavy atom. The number of amides is 1. The zero-order valence-electron chi connectivity index (χ0n) is 13.7. The van der Waals surface area contributed by atoms with Gasteiger partial charge in [-0.3, -0.25) is 4.79 Å². The van der Waals surface area contributed by atoms with Gasteiger partial charge in [0.25, 0.3) is 0 Å². The van der Waals surface area contributed by atoms with Crippen molar-refractivity contribution in [1.29, 1.82) is 5.26 Å². The van der Waals surface area contributed by atoms with Crippen LogP contribution >= 0.6 is 0 Å². The van der Waals surface area contributed by atoms with Crippen LogP contribution in [-0.4, -0.2) is 37.5 Å². The van der Waals surface area contributed by atoms with E-state index in [1.807, 2.05) is 6.07 Å². The van der Waals surface area contributed by atoms with Crippen molar-refractivity contribution in [2.45, 2.75) is 38.5 Å². The quantitative estimate of drug-likeness (QED) is 0.766.